The number of benzene rings is 1. The molecule has 0 saturated heterocycles. The molecule has 1 N–H and O–H groups in total. The fourth-order valence-electron chi connectivity index (χ4n) is 1.64. The van der Waals surface area contributed by atoms with E-state index in [4.69, 9.17) is 0 Å². The van der Waals surface area contributed by atoms with Gasteiger partial charge in [0.05, 0.1) is 0 Å². The first-order valence-corrected chi connectivity index (χ1v) is 5.75. The summed E-state index contributed by atoms with van der Waals surface area (Å²) in [5, 5.41) is 2.67. The first kappa shape index (κ1) is 13.6. The second-order valence-corrected chi connectivity index (χ2v) is 4.19. The molecule has 1 aromatic carbocycles. The maximum atomic E-state index is 12.9. The Morgan fingerprint density at radius 1 is 1.29 bits per heavy atom. The van der Waals surface area contributed by atoms with Crippen molar-refractivity contribution < 1.29 is 13.6 Å². The van der Waals surface area contributed by atoms with Crippen LogP contribution in [0, 0.1) is 17.6 Å². The van der Waals surface area contributed by atoms with Crippen molar-refractivity contribution in [1.82, 2.24) is 5.32 Å². The van der Waals surface area contributed by atoms with Crippen molar-refractivity contribution in [3.63, 3.8) is 0 Å². The van der Waals surface area contributed by atoms with E-state index in [1.165, 1.54) is 12.1 Å². The Balaban J connectivity index is 2.52. The van der Waals surface area contributed by atoms with E-state index in [1.807, 2.05) is 13.8 Å². The SMILES string of the molecule is CCCC(C)C(=O)NCc1cc(F)cc(F)c1. The molecule has 0 aliphatic heterocycles. The summed E-state index contributed by atoms with van der Waals surface area (Å²) in [4.78, 5) is 11.6. The topological polar surface area (TPSA) is 29.1 Å². The number of carbonyl (C=O) groups is 1. The van der Waals surface area contributed by atoms with Crippen LogP contribution >= 0.6 is 0 Å². The average molecular weight is 241 g/mol. The molecule has 0 heterocycles. The van der Waals surface area contributed by atoms with Gasteiger partial charge in [0.15, 0.2) is 0 Å². The largest absolute Gasteiger partial charge is 0.352 e. The predicted molar refractivity (Wildman–Crippen MR) is 62.3 cm³/mol. The lowest BCUT2D eigenvalue weighted by atomic mass is 10.1. The van der Waals surface area contributed by atoms with Crippen LogP contribution in [0.2, 0.25) is 0 Å². The Hall–Kier alpha value is -1.45. The number of hydrogen-bond acceptors (Lipinski definition) is 1. The van der Waals surface area contributed by atoms with Gasteiger partial charge in [-0.05, 0) is 24.1 Å². The summed E-state index contributed by atoms with van der Waals surface area (Å²) >= 11 is 0. The van der Waals surface area contributed by atoms with E-state index in [1.54, 1.807) is 0 Å². The van der Waals surface area contributed by atoms with Gasteiger partial charge in [0.2, 0.25) is 5.91 Å². The molecular formula is C13H17F2NO. The van der Waals surface area contributed by atoms with Gasteiger partial charge >= 0.3 is 0 Å². The van der Waals surface area contributed by atoms with Gasteiger partial charge in [-0.25, -0.2) is 8.78 Å². The molecule has 1 amide bonds. The van der Waals surface area contributed by atoms with Gasteiger partial charge in [-0.1, -0.05) is 20.3 Å². The van der Waals surface area contributed by atoms with Crippen molar-refractivity contribution in [3.8, 4) is 0 Å². The van der Waals surface area contributed by atoms with Crippen molar-refractivity contribution in [3.05, 3.63) is 35.4 Å². The number of nitrogens with one attached hydrogen (secondary N) is 1. The summed E-state index contributed by atoms with van der Waals surface area (Å²) in [7, 11) is 0. The quantitative estimate of drug-likeness (QED) is 0.843. The van der Waals surface area contributed by atoms with E-state index in [0.29, 0.717) is 5.56 Å². The molecule has 1 unspecified atom stereocenters. The number of halogens is 2. The van der Waals surface area contributed by atoms with Gasteiger partial charge in [-0.3, -0.25) is 4.79 Å². The van der Waals surface area contributed by atoms with E-state index in [9.17, 15) is 13.6 Å². The van der Waals surface area contributed by atoms with Crippen LogP contribution in [-0.2, 0) is 11.3 Å². The third kappa shape index (κ3) is 4.51. The van der Waals surface area contributed by atoms with Crippen LogP contribution in [0.1, 0.15) is 32.3 Å². The number of rotatable bonds is 5. The van der Waals surface area contributed by atoms with E-state index in [-0.39, 0.29) is 18.4 Å². The van der Waals surface area contributed by atoms with Crippen LogP contribution in [0.3, 0.4) is 0 Å². The molecule has 0 saturated carbocycles. The Bertz CT molecular complexity index is 373. The molecule has 1 rings (SSSR count). The molecule has 1 aromatic rings. The first-order valence-electron chi connectivity index (χ1n) is 5.75. The molecular weight excluding hydrogens is 224 g/mol. The lowest BCUT2D eigenvalue weighted by molar-refractivity contribution is -0.124. The molecule has 94 valence electrons. The lowest BCUT2D eigenvalue weighted by Crippen LogP contribution is -2.28. The highest BCUT2D eigenvalue weighted by Gasteiger charge is 2.11. The standard InChI is InChI=1S/C13H17F2NO/c1-3-4-9(2)13(17)16-8-10-5-11(14)7-12(15)6-10/h5-7,9H,3-4,8H2,1-2H3,(H,16,17). The molecule has 0 fully saturated rings. The Morgan fingerprint density at radius 3 is 2.41 bits per heavy atom. The number of carbonyl (C=O) groups excluding carboxylic acids is 1. The fourth-order valence-corrected chi connectivity index (χ4v) is 1.64. The third-order valence-corrected chi connectivity index (χ3v) is 2.56. The number of amides is 1. The Morgan fingerprint density at radius 2 is 1.88 bits per heavy atom. The summed E-state index contributed by atoms with van der Waals surface area (Å²) in [5.74, 6) is -1.42. The summed E-state index contributed by atoms with van der Waals surface area (Å²) in [5.41, 5.74) is 0.430. The highest BCUT2D eigenvalue weighted by atomic mass is 19.1. The minimum absolute atomic E-state index is 0.0709. The summed E-state index contributed by atoms with van der Waals surface area (Å²) in [6, 6.07) is 3.24. The van der Waals surface area contributed by atoms with Crippen molar-refractivity contribution in [2.24, 2.45) is 5.92 Å². The molecule has 0 spiro atoms. The lowest BCUT2D eigenvalue weighted by Gasteiger charge is -2.11. The minimum atomic E-state index is -0.629. The molecule has 0 bridgehead atoms. The second-order valence-electron chi connectivity index (χ2n) is 4.19. The summed E-state index contributed by atoms with van der Waals surface area (Å²) < 4.78 is 25.8. The van der Waals surface area contributed by atoms with Crippen LogP contribution in [0.4, 0.5) is 8.78 Å². The monoisotopic (exact) mass is 241 g/mol. The molecule has 0 aromatic heterocycles. The molecule has 0 aliphatic rings. The maximum Gasteiger partial charge on any atom is 0.223 e. The van der Waals surface area contributed by atoms with E-state index in [0.717, 1.165) is 18.9 Å². The highest BCUT2D eigenvalue weighted by Crippen LogP contribution is 2.09. The van der Waals surface area contributed by atoms with Gasteiger partial charge < -0.3 is 5.32 Å². The van der Waals surface area contributed by atoms with Crippen LogP contribution in [-0.4, -0.2) is 5.91 Å². The third-order valence-electron chi connectivity index (χ3n) is 2.56. The molecule has 0 radical (unpaired) electrons. The molecule has 0 aliphatic carbocycles. The van der Waals surface area contributed by atoms with E-state index in [2.05, 4.69) is 5.32 Å². The minimum Gasteiger partial charge on any atom is -0.352 e. The number of hydrogen-bond donors (Lipinski definition) is 1. The summed E-state index contributed by atoms with van der Waals surface area (Å²) in [6.45, 7) is 4.00. The first-order chi connectivity index (χ1) is 8.02. The Kier molecular flexibility index (Phi) is 5.07. The van der Waals surface area contributed by atoms with Crippen molar-refractivity contribution in [2.75, 3.05) is 0 Å². The second kappa shape index (κ2) is 6.33. The predicted octanol–water partition coefficient (Wildman–Crippen LogP) is 3.02. The molecule has 1 atom stereocenters. The Labute approximate surface area is 100 Å². The summed E-state index contributed by atoms with van der Waals surface area (Å²) in [6.07, 6.45) is 1.74. The maximum absolute atomic E-state index is 12.9. The average Bonchev–Trinajstić information content (AvgIpc) is 2.25. The zero-order chi connectivity index (χ0) is 12.8. The van der Waals surface area contributed by atoms with Crippen LogP contribution in [0.15, 0.2) is 18.2 Å². The zero-order valence-corrected chi connectivity index (χ0v) is 10.1. The van der Waals surface area contributed by atoms with Crippen molar-refractivity contribution in [1.29, 1.82) is 0 Å². The van der Waals surface area contributed by atoms with Crippen LogP contribution in [0.5, 0.6) is 0 Å². The molecule has 17 heavy (non-hydrogen) atoms. The van der Waals surface area contributed by atoms with Gasteiger partial charge in [0.1, 0.15) is 11.6 Å². The zero-order valence-electron chi connectivity index (χ0n) is 10.1. The van der Waals surface area contributed by atoms with Gasteiger partial charge in [0, 0.05) is 18.5 Å². The van der Waals surface area contributed by atoms with E-state index < -0.39 is 11.6 Å². The molecule has 4 heteroatoms. The fraction of sp³-hybridized carbons (Fsp3) is 0.462. The smallest absolute Gasteiger partial charge is 0.223 e. The molecule has 2 nitrogen and oxygen atoms in total. The van der Waals surface area contributed by atoms with Crippen molar-refractivity contribution in [2.45, 2.75) is 33.2 Å². The van der Waals surface area contributed by atoms with Gasteiger partial charge in [-0.15, -0.1) is 0 Å². The van der Waals surface area contributed by atoms with Gasteiger partial charge in [-0.2, -0.15) is 0 Å². The van der Waals surface area contributed by atoms with Crippen LogP contribution < -0.4 is 5.32 Å². The van der Waals surface area contributed by atoms with Crippen LogP contribution in [0.25, 0.3) is 0 Å². The highest BCUT2D eigenvalue weighted by molar-refractivity contribution is 5.78. The normalized spacial score (nSPS) is 12.2. The van der Waals surface area contributed by atoms with E-state index >= 15 is 0 Å². The van der Waals surface area contributed by atoms with Crippen molar-refractivity contribution >= 4 is 5.91 Å². The van der Waals surface area contributed by atoms with Gasteiger partial charge in [0.25, 0.3) is 0 Å².